The van der Waals surface area contributed by atoms with Crippen molar-refractivity contribution in [3.8, 4) is 0 Å². The summed E-state index contributed by atoms with van der Waals surface area (Å²) in [5.41, 5.74) is 0.750. The van der Waals surface area contributed by atoms with E-state index in [-0.39, 0.29) is 6.61 Å². The predicted octanol–water partition coefficient (Wildman–Crippen LogP) is -0.538. The van der Waals surface area contributed by atoms with Crippen LogP contribution in [0.1, 0.15) is 0 Å². The Morgan fingerprint density at radius 1 is 1.86 bits per heavy atom. The van der Waals surface area contributed by atoms with Gasteiger partial charge in [-0.3, -0.25) is 4.99 Å². The van der Waals surface area contributed by atoms with Crippen LogP contribution in [0.3, 0.4) is 0 Å². The number of aliphatic imine (C=N–C) groups is 2. The van der Waals surface area contributed by atoms with Crippen molar-refractivity contribution in [1.82, 2.24) is 0 Å². The van der Waals surface area contributed by atoms with Crippen LogP contribution >= 0.6 is 0 Å². The summed E-state index contributed by atoms with van der Waals surface area (Å²) in [5.74, 6) is 0. The molecule has 3 nitrogen and oxygen atoms in total. The first-order chi connectivity index (χ1) is 3.43. The lowest BCUT2D eigenvalue weighted by Crippen LogP contribution is -2.03. The molecular formula is C4H6N2O. The van der Waals surface area contributed by atoms with Gasteiger partial charge < -0.3 is 5.11 Å². The minimum atomic E-state index is 0.0417. The zero-order valence-corrected chi connectivity index (χ0v) is 3.83. The average molecular weight is 98.1 g/mol. The van der Waals surface area contributed by atoms with Crippen LogP contribution in [0, 0.1) is 0 Å². The van der Waals surface area contributed by atoms with Crippen LogP contribution in [-0.4, -0.2) is 30.3 Å². The van der Waals surface area contributed by atoms with Crippen molar-refractivity contribution in [1.29, 1.82) is 0 Å². The Balaban J connectivity index is 2.45. The van der Waals surface area contributed by atoms with Gasteiger partial charge in [0.1, 0.15) is 6.34 Å². The quantitative estimate of drug-likeness (QED) is 0.470. The molecule has 0 bridgehead atoms. The fraction of sp³-hybridized carbons (Fsp3) is 0.500. The molecule has 38 valence electrons. The highest BCUT2D eigenvalue weighted by molar-refractivity contribution is 5.96. The van der Waals surface area contributed by atoms with Crippen molar-refractivity contribution in [2.45, 2.75) is 0 Å². The van der Waals surface area contributed by atoms with E-state index < -0.39 is 0 Å². The van der Waals surface area contributed by atoms with Crippen LogP contribution in [0.15, 0.2) is 9.98 Å². The molecule has 7 heavy (non-hydrogen) atoms. The fourth-order valence-corrected chi connectivity index (χ4v) is 0.400. The molecule has 1 aliphatic rings. The summed E-state index contributed by atoms with van der Waals surface area (Å²) in [5, 5.41) is 8.36. The van der Waals surface area contributed by atoms with Gasteiger partial charge >= 0.3 is 0 Å². The third-order valence-electron chi connectivity index (χ3n) is 0.778. The van der Waals surface area contributed by atoms with Gasteiger partial charge in [-0.2, -0.15) is 0 Å². The second-order valence-electron chi connectivity index (χ2n) is 1.31. The Labute approximate surface area is 41.4 Å². The summed E-state index contributed by atoms with van der Waals surface area (Å²) in [6, 6.07) is 0. The largest absolute Gasteiger partial charge is 0.390 e. The van der Waals surface area contributed by atoms with Crippen LogP contribution in [0.4, 0.5) is 0 Å². The Morgan fingerprint density at radius 3 is 3.00 bits per heavy atom. The Kier molecular flexibility index (Phi) is 1.17. The first kappa shape index (κ1) is 4.46. The molecule has 0 aromatic heterocycles. The molecule has 1 heterocycles. The zero-order valence-electron chi connectivity index (χ0n) is 3.83. The number of hydrogen-bond donors (Lipinski definition) is 1. The number of hydrogen-bond acceptors (Lipinski definition) is 3. The number of aliphatic hydroxyl groups excluding tert-OH is 1. The minimum Gasteiger partial charge on any atom is -0.390 e. The molecular weight excluding hydrogens is 92.1 g/mol. The summed E-state index contributed by atoms with van der Waals surface area (Å²) in [7, 11) is 0. The van der Waals surface area contributed by atoms with Crippen molar-refractivity contribution in [2.24, 2.45) is 9.98 Å². The highest BCUT2D eigenvalue weighted by Gasteiger charge is 1.96. The molecule has 0 amide bonds. The van der Waals surface area contributed by atoms with Gasteiger partial charge in [0.2, 0.25) is 0 Å². The van der Waals surface area contributed by atoms with E-state index >= 15 is 0 Å². The van der Waals surface area contributed by atoms with Crippen molar-refractivity contribution in [3.05, 3.63) is 0 Å². The Morgan fingerprint density at radius 2 is 2.71 bits per heavy atom. The van der Waals surface area contributed by atoms with Gasteiger partial charge in [0.25, 0.3) is 0 Å². The lowest BCUT2D eigenvalue weighted by molar-refractivity contribution is 0.356. The van der Waals surface area contributed by atoms with E-state index in [1.165, 1.54) is 6.34 Å². The topological polar surface area (TPSA) is 45.0 Å². The van der Waals surface area contributed by atoms with Gasteiger partial charge in [-0.05, 0) is 0 Å². The molecule has 0 radical (unpaired) electrons. The maximum atomic E-state index is 8.36. The third kappa shape index (κ3) is 0.838. The number of aliphatic hydroxyl groups is 1. The molecule has 0 fully saturated rings. The third-order valence-corrected chi connectivity index (χ3v) is 0.778. The first-order valence-corrected chi connectivity index (χ1v) is 2.08. The molecule has 0 atom stereocenters. The Bertz CT molecular complexity index is 117. The summed E-state index contributed by atoms with van der Waals surface area (Å²) < 4.78 is 0. The van der Waals surface area contributed by atoms with Gasteiger partial charge in [-0.1, -0.05) is 0 Å². The standard InChI is InChI=1S/C4H6N2O/c7-2-4-1-5-3-6-4/h3,7H,1-2H2. The maximum Gasteiger partial charge on any atom is 0.110 e. The van der Waals surface area contributed by atoms with E-state index in [2.05, 4.69) is 9.98 Å². The van der Waals surface area contributed by atoms with Crippen molar-refractivity contribution < 1.29 is 5.11 Å². The molecule has 1 aliphatic heterocycles. The molecule has 3 heteroatoms. The summed E-state index contributed by atoms with van der Waals surface area (Å²) in [4.78, 5) is 7.48. The smallest absolute Gasteiger partial charge is 0.110 e. The first-order valence-electron chi connectivity index (χ1n) is 2.08. The summed E-state index contributed by atoms with van der Waals surface area (Å²) >= 11 is 0. The van der Waals surface area contributed by atoms with Crippen molar-refractivity contribution in [2.75, 3.05) is 13.2 Å². The predicted molar refractivity (Wildman–Crippen MR) is 27.9 cm³/mol. The van der Waals surface area contributed by atoms with E-state index in [1.807, 2.05) is 0 Å². The van der Waals surface area contributed by atoms with Crippen LogP contribution in [0.5, 0.6) is 0 Å². The average Bonchev–Trinajstić information content (AvgIpc) is 2.14. The van der Waals surface area contributed by atoms with Gasteiger partial charge in [0.15, 0.2) is 0 Å². The van der Waals surface area contributed by atoms with E-state index in [0.29, 0.717) is 6.54 Å². The van der Waals surface area contributed by atoms with E-state index in [1.54, 1.807) is 0 Å². The van der Waals surface area contributed by atoms with Crippen LogP contribution in [0.2, 0.25) is 0 Å². The second kappa shape index (κ2) is 1.84. The molecule has 0 spiro atoms. The summed E-state index contributed by atoms with van der Waals surface area (Å²) in [6.07, 6.45) is 1.46. The monoisotopic (exact) mass is 98.0 g/mol. The molecule has 0 saturated heterocycles. The molecule has 0 aromatic rings. The van der Waals surface area contributed by atoms with Crippen molar-refractivity contribution in [3.63, 3.8) is 0 Å². The fourth-order valence-electron chi connectivity index (χ4n) is 0.400. The molecule has 0 unspecified atom stereocenters. The molecule has 1 N–H and O–H groups in total. The molecule has 0 aliphatic carbocycles. The SMILES string of the molecule is OCC1=NC=NC1. The van der Waals surface area contributed by atoms with Gasteiger partial charge in [0.05, 0.1) is 18.9 Å². The maximum absolute atomic E-state index is 8.36. The minimum absolute atomic E-state index is 0.0417. The lowest BCUT2D eigenvalue weighted by atomic mass is 10.4. The van der Waals surface area contributed by atoms with Gasteiger partial charge in [-0.15, -0.1) is 0 Å². The second-order valence-corrected chi connectivity index (χ2v) is 1.31. The van der Waals surface area contributed by atoms with Crippen LogP contribution in [-0.2, 0) is 0 Å². The van der Waals surface area contributed by atoms with Crippen LogP contribution in [0.25, 0.3) is 0 Å². The van der Waals surface area contributed by atoms with E-state index in [0.717, 1.165) is 5.71 Å². The van der Waals surface area contributed by atoms with Crippen molar-refractivity contribution >= 4 is 12.1 Å². The number of nitrogens with zero attached hydrogens (tertiary/aromatic N) is 2. The van der Waals surface area contributed by atoms with Gasteiger partial charge in [0, 0.05) is 0 Å². The molecule has 1 rings (SSSR count). The highest BCUT2D eigenvalue weighted by Crippen LogP contribution is 1.84. The molecule has 0 saturated carbocycles. The number of rotatable bonds is 1. The molecule has 0 aromatic carbocycles. The Hall–Kier alpha value is -0.700. The van der Waals surface area contributed by atoms with E-state index in [4.69, 9.17) is 5.11 Å². The zero-order chi connectivity index (χ0) is 5.11. The highest BCUT2D eigenvalue weighted by atomic mass is 16.3. The van der Waals surface area contributed by atoms with E-state index in [9.17, 15) is 0 Å². The normalized spacial score (nSPS) is 17.6. The van der Waals surface area contributed by atoms with Crippen LogP contribution < -0.4 is 0 Å². The summed E-state index contributed by atoms with van der Waals surface area (Å²) in [6.45, 7) is 0.622. The van der Waals surface area contributed by atoms with Gasteiger partial charge in [-0.25, -0.2) is 4.99 Å². The lowest BCUT2D eigenvalue weighted by Gasteiger charge is -1.84.